The van der Waals surface area contributed by atoms with Crippen LogP contribution in [0.5, 0.6) is 0 Å². The lowest BCUT2D eigenvalue weighted by Gasteiger charge is -2.25. The minimum atomic E-state index is -4.72. The number of alkyl halides is 3. The summed E-state index contributed by atoms with van der Waals surface area (Å²) in [5.41, 5.74) is -1.01. The average Bonchev–Trinajstić information content (AvgIpc) is 2.59. The Morgan fingerprint density at radius 2 is 1.76 bits per heavy atom. The summed E-state index contributed by atoms with van der Waals surface area (Å²) in [7, 11) is -4.13. The predicted molar refractivity (Wildman–Crippen MR) is 102 cm³/mol. The molecule has 29 heavy (non-hydrogen) atoms. The van der Waals surface area contributed by atoms with E-state index in [9.17, 15) is 30.8 Å². The molecular weight excluding hydrogens is 436 g/mol. The topological polar surface area (TPSA) is 66.5 Å². The number of hydrogen-bond acceptors (Lipinski definition) is 3. The van der Waals surface area contributed by atoms with Crippen molar-refractivity contribution in [3.05, 3.63) is 64.4 Å². The fourth-order valence-corrected chi connectivity index (χ4v) is 3.64. The Morgan fingerprint density at radius 3 is 2.28 bits per heavy atom. The van der Waals surface area contributed by atoms with Gasteiger partial charge in [0.25, 0.3) is 0 Å². The lowest BCUT2D eigenvalue weighted by Crippen LogP contribution is -2.41. The van der Waals surface area contributed by atoms with Crippen molar-refractivity contribution in [2.45, 2.75) is 19.1 Å². The molecule has 0 saturated carbocycles. The third kappa shape index (κ3) is 6.07. The average molecular weight is 453 g/mol. The van der Waals surface area contributed by atoms with Gasteiger partial charge in [0.05, 0.1) is 28.6 Å². The second-order valence-corrected chi connectivity index (χ2v) is 8.59. The Kier molecular flexibility index (Phi) is 6.79. The van der Waals surface area contributed by atoms with Crippen molar-refractivity contribution in [1.82, 2.24) is 5.32 Å². The number of carbonyl (C=O) groups is 1. The highest BCUT2D eigenvalue weighted by atomic mass is 35.5. The normalized spacial score (nSPS) is 13.1. The highest BCUT2D eigenvalue weighted by Crippen LogP contribution is 2.36. The van der Waals surface area contributed by atoms with Crippen LogP contribution in [0.4, 0.5) is 23.2 Å². The molecule has 0 aliphatic carbocycles. The highest BCUT2D eigenvalue weighted by molar-refractivity contribution is 7.92. The van der Waals surface area contributed by atoms with E-state index in [4.69, 9.17) is 11.6 Å². The second kappa shape index (κ2) is 8.58. The summed E-state index contributed by atoms with van der Waals surface area (Å²) in [6.07, 6.45) is -3.97. The minimum Gasteiger partial charge on any atom is -0.348 e. The van der Waals surface area contributed by atoms with Crippen LogP contribution >= 0.6 is 11.6 Å². The van der Waals surface area contributed by atoms with Gasteiger partial charge in [0.1, 0.15) is 12.4 Å². The summed E-state index contributed by atoms with van der Waals surface area (Å²) in [6, 6.07) is 6.88. The smallest absolute Gasteiger partial charge is 0.348 e. The molecule has 0 heterocycles. The van der Waals surface area contributed by atoms with Crippen molar-refractivity contribution < 1.29 is 30.8 Å². The molecule has 1 amide bonds. The van der Waals surface area contributed by atoms with Crippen LogP contribution in [-0.4, -0.2) is 27.1 Å². The molecular formula is C18H17ClF4N2O3S. The molecule has 11 heteroatoms. The van der Waals surface area contributed by atoms with E-state index in [0.29, 0.717) is 22.0 Å². The molecule has 0 radical (unpaired) electrons. The van der Waals surface area contributed by atoms with Gasteiger partial charge >= 0.3 is 6.18 Å². The van der Waals surface area contributed by atoms with Crippen LogP contribution in [0.15, 0.2) is 42.5 Å². The summed E-state index contributed by atoms with van der Waals surface area (Å²) >= 11 is 5.91. The standard InChI is InChI=1S/C18H17ClF4N2O3S/c1-11(12-3-6-14(20)7-4-12)24-17(26)10-25(29(2,27)28)16-9-13(18(21,22)23)5-8-15(16)19/h3-9,11H,10H2,1-2H3,(H,24,26)/t11-/m1/s1. The zero-order valence-electron chi connectivity index (χ0n) is 15.3. The fourth-order valence-electron chi connectivity index (χ4n) is 2.51. The van der Waals surface area contributed by atoms with Gasteiger partial charge in [-0.1, -0.05) is 23.7 Å². The Hall–Kier alpha value is -2.33. The molecule has 2 rings (SSSR count). The molecule has 0 saturated heterocycles. The van der Waals surface area contributed by atoms with E-state index in [0.717, 1.165) is 12.3 Å². The first-order chi connectivity index (χ1) is 13.3. The molecule has 0 aromatic heterocycles. The Balaban J connectivity index is 2.28. The number of carbonyl (C=O) groups excluding carboxylic acids is 1. The van der Waals surface area contributed by atoms with Crippen LogP contribution in [0, 0.1) is 5.82 Å². The molecule has 2 aromatic rings. The molecule has 1 N–H and O–H groups in total. The van der Waals surface area contributed by atoms with Crippen molar-refractivity contribution in [3.8, 4) is 0 Å². The molecule has 0 aliphatic heterocycles. The van der Waals surface area contributed by atoms with Gasteiger partial charge in [0, 0.05) is 0 Å². The molecule has 0 spiro atoms. The van der Waals surface area contributed by atoms with E-state index < -0.39 is 51.8 Å². The maximum absolute atomic E-state index is 13.0. The van der Waals surface area contributed by atoms with Crippen LogP contribution in [0.25, 0.3) is 0 Å². The maximum atomic E-state index is 13.0. The number of hydrogen-bond donors (Lipinski definition) is 1. The van der Waals surface area contributed by atoms with Gasteiger partial charge in [-0.3, -0.25) is 9.10 Å². The summed E-state index contributed by atoms with van der Waals surface area (Å²) in [4.78, 5) is 12.4. The predicted octanol–water partition coefficient (Wildman–Crippen LogP) is 4.14. The zero-order valence-corrected chi connectivity index (χ0v) is 16.9. The summed E-state index contributed by atoms with van der Waals surface area (Å²) in [5, 5.41) is 2.26. The Morgan fingerprint density at radius 1 is 1.17 bits per heavy atom. The van der Waals surface area contributed by atoms with E-state index in [1.807, 2.05) is 0 Å². The van der Waals surface area contributed by atoms with E-state index >= 15 is 0 Å². The van der Waals surface area contributed by atoms with Crippen molar-refractivity contribution in [2.24, 2.45) is 0 Å². The zero-order chi connectivity index (χ0) is 22.0. The lowest BCUT2D eigenvalue weighted by molar-refractivity contribution is -0.137. The largest absolute Gasteiger partial charge is 0.416 e. The lowest BCUT2D eigenvalue weighted by atomic mass is 10.1. The number of nitrogens with zero attached hydrogens (tertiary/aromatic N) is 1. The van der Waals surface area contributed by atoms with E-state index in [2.05, 4.69) is 5.32 Å². The van der Waals surface area contributed by atoms with Crippen molar-refractivity contribution in [2.75, 3.05) is 17.1 Å². The van der Waals surface area contributed by atoms with Gasteiger partial charge in [-0.05, 0) is 42.8 Å². The molecule has 158 valence electrons. The first-order valence-corrected chi connectivity index (χ1v) is 10.4. The first-order valence-electron chi connectivity index (χ1n) is 8.18. The summed E-state index contributed by atoms with van der Waals surface area (Å²) in [6.45, 7) is 0.804. The fraction of sp³-hybridized carbons (Fsp3) is 0.278. The number of amides is 1. The van der Waals surface area contributed by atoms with Gasteiger partial charge in [-0.25, -0.2) is 12.8 Å². The first kappa shape index (κ1) is 23.0. The molecule has 0 aliphatic rings. The monoisotopic (exact) mass is 452 g/mol. The van der Waals surface area contributed by atoms with Crippen LogP contribution in [0.3, 0.4) is 0 Å². The number of nitrogens with one attached hydrogen (secondary N) is 1. The molecule has 5 nitrogen and oxygen atoms in total. The van der Waals surface area contributed by atoms with E-state index in [1.54, 1.807) is 6.92 Å². The van der Waals surface area contributed by atoms with E-state index in [1.165, 1.54) is 24.3 Å². The Bertz CT molecular complexity index is 995. The third-order valence-electron chi connectivity index (χ3n) is 3.98. The van der Waals surface area contributed by atoms with Crippen molar-refractivity contribution in [1.29, 1.82) is 0 Å². The molecule has 0 bridgehead atoms. The minimum absolute atomic E-state index is 0.261. The third-order valence-corrected chi connectivity index (χ3v) is 5.42. The van der Waals surface area contributed by atoms with Crippen molar-refractivity contribution >= 4 is 33.2 Å². The number of rotatable bonds is 6. The summed E-state index contributed by atoms with van der Waals surface area (Å²) in [5.74, 6) is -1.24. The van der Waals surface area contributed by atoms with Gasteiger partial charge in [0.2, 0.25) is 15.9 Å². The number of sulfonamides is 1. The van der Waals surface area contributed by atoms with Crippen molar-refractivity contribution in [3.63, 3.8) is 0 Å². The van der Waals surface area contributed by atoms with Crippen LogP contribution in [-0.2, 0) is 21.0 Å². The molecule has 0 fully saturated rings. The number of halogens is 5. The summed E-state index contributed by atoms with van der Waals surface area (Å²) < 4.78 is 76.8. The van der Waals surface area contributed by atoms with Gasteiger partial charge in [-0.15, -0.1) is 0 Å². The van der Waals surface area contributed by atoms with Crippen LogP contribution in [0.2, 0.25) is 5.02 Å². The van der Waals surface area contributed by atoms with Gasteiger partial charge in [0.15, 0.2) is 0 Å². The maximum Gasteiger partial charge on any atom is 0.416 e. The van der Waals surface area contributed by atoms with Crippen LogP contribution in [0.1, 0.15) is 24.1 Å². The SMILES string of the molecule is C[C@@H](NC(=O)CN(c1cc(C(F)(F)F)ccc1Cl)S(C)(=O)=O)c1ccc(F)cc1. The van der Waals surface area contributed by atoms with Gasteiger partial charge in [-0.2, -0.15) is 13.2 Å². The second-order valence-electron chi connectivity index (χ2n) is 6.27. The molecule has 0 unspecified atom stereocenters. The number of anilines is 1. The van der Waals surface area contributed by atoms with Gasteiger partial charge < -0.3 is 5.32 Å². The molecule has 1 atom stereocenters. The Labute approximate surface area is 170 Å². The van der Waals surface area contributed by atoms with Crippen LogP contribution < -0.4 is 9.62 Å². The van der Waals surface area contributed by atoms with E-state index in [-0.39, 0.29) is 5.02 Å². The number of benzene rings is 2. The molecule has 2 aromatic carbocycles. The quantitative estimate of drug-likeness (QED) is 0.670. The highest BCUT2D eigenvalue weighted by Gasteiger charge is 2.33.